The normalized spacial score (nSPS) is 44.4. The average molecular weight is 714 g/mol. The van der Waals surface area contributed by atoms with Gasteiger partial charge in [0.05, 0.1) is 24.4 Å². The number of hydrogen-bond acceptors (Lipinski definition) is 13. The van der Waals surface area contributed by atoms with Gasteiger partial charge in [-0.25, -0.2) is 4.79 Å². The zero-order valence-electron chi connectivity index (χ0n) is 30.7. The molecule has 1 spiro atoms. The molecule has 7 rings (SSSR count). The first-order chi connectivity index (χ1) is 24.4. The molecule has 14 atom stereocenters. The summed E-state index contributed by atoms with van der Waals surface area (Å²) in [5, 5.41) is 0. The number of benzene rings is 1. The van der Waals surface area contributed by atoms with Crippen molar-refractivity contribution in [1.29, 1.82) is 0 Å². The van der Waals surface area contributed by atoms with Crippen molar-refractivity contribution in [3.63, 3.8) is 0 Å². The van der Waals surface area contributed by atoms with Crippen molar-refractivity contribution in [2.24, 2.45) is 34.5 Å². The van der Waals surface area contributed by atoms with Crippen LogP contribution < -0.4 is 0 Å². The third kappa shape index (κ3) is 4.70. The van der Waals surface area contributed by atoms with Crippen LogP contribution in [0.2, 0.25) is 0 Å². The lowest BCUT2D eigenvalue weighted by Crippen LogP contribution is -2.79. The van der Waals surface area contributed by atoms with E-state index >= 15 is 0 Å². The summed E-state index contributed by atoms with van der Waals surface area (Å²) in [5.74, 6) is -3.84. The molecule has 1 unspecified atom stereocenters. The summed E-state index contributed by atoms with van der Waals surface area (Å²) in [6.45, 7) is 7.69. The van der Waals surface area contributed by atoms with E-state index in [1.165, 1.54) is 20.8 Å². The number of likely N-dealkylation sites (tertiary alicyclic amines) is 1. The van der Waals surface area contributed by atoms with Crippen molar-refractivity contribution in [2.45, 2.75) is 94.7 Å². The fraction of sp³-hybridized carbons (Fsp3) is 0.737. The molecule has 0 amide bonds. The van der Waals surface area contributed by atoms with Gasteiger partial charge in [-0.2, -0.15) is 0 Å². The van der Waals surface area contributed by atoms with Gasteiger partial charge in [-0.1, -0.05) is 25.1 Å². The van der Waals surface area contributed by atoms with Crippen molar-refractivity contribution < 1.29 is 57.1 Å². The third-order valence-electron chi connectivity index (χ3n) is 13.7. The molecule has 6 aliphatic rings. The molecule has 1 heterocycles. The van der Waals surface area contributed by atoms with E-state index in [1.807, 2.05) is 6.07 Å². The van der Waals surface area contributed by atoms with Gasteiger partial charge in [0.15, 0.2) is 11.7 Å². The number of carbonyl (C=O) groups excluding carboxylic acids is 4. The number of esters is 4. The topological polar surface area (TPSA) is 145 Å². The molecule has 0 aromatic heterocycles. The van der Waals surface area contributed by atoms with E-state index in [2.05, 4.69) is 11.8 Å². The highest BCUT2D eigenvalue weighted by Crippen LogP contribution is 2.81. The van der Waals surface area contributed by atoms with Crippen LogP contribution in [0.4, 0.5) is 0 Å². The van der Waals surface area contributed by atoms with Crippen LogP contribution in [0.5, 0.6) is 0 Å². The Bertz CT molecular complexity index is 1560. The minimum Gasteiger partial charge on any atom is -0.462 e. The SMILES string of the molecule is CCN1C[C@@]2(COC)[C@H]3[C@@H](OC)[C@@H]4C1[C@]3([C@@H](OC)C[C@H]2OC(C)=O)[C@@H]1C[C@]2(OC(C)=O)[C@@H](OC)C[C@@]4(OC(C)=O)[C@H]1[C@H]2OC(=O)c1ccccc1. The number of fused-ring (bicyclic) bond motifs is 2. The number of methoxy groups -OCH3 is 4. The molecule has 1 saturated heterocycles. The van der Waals surface area contributed by atoms with E-state index in [0.717, 1.165) is 0 Å². The Kier molecular flexibility index (Phi) is 9.09. The van der Waals surface area contributed by atoms with E-state index in [0.29, 0.717) is 25.1 Å². The van der Waals surface area contributed by atoms with Gasteiger partial charge < -0.3 is 37.9 Å². The first-order valence-corrected chi connectivity index (χ1v) is 18.0. The third-order valence-corrected chi connectivity index (χ3v) is 13.7. The minimum atomic E-state index is -1.41. The molecule has 13 heteroatoms. The lowest BCUT2D eigenvalue weighted by molar-refractivity contribution is -0.302. The molecule has 5 saturated carbocycles. The highest BCUT2D eigenvalue weighted by Gasteiger charge is 2.91. The molecular weight excluding hydrogens is 662 g/mol. The van der Waals surface area contributed by atoms with Crippen molar-refractivity contribution in [3.8, 4) is 0 Å². The average Bonchev–Trinajstić information content (AvgIpc) is 3.47. The molecule has 1 aromatic rings. The quantitative estimate of drug-likeness (QED) is 0.245. The van der Waals surface area contributed by atoms with Crippen molar-refractivity contribution in [3.05, 3.63) is 35.9 Å². The Hall–Kier alpha value is -3.10. The van der Waals surface area contributed by atoms with Crippen LogP contribution in [-0.4, -0.2) is 125 Å². The molecule has 13 nitrogen and oxygen atoms in total. The van der Waals surface area contributed by atoms with Crippen LogP contribution in [0.25, 0.3) is 0 Å². The number of nitrogens with zero attached hydrogens (tertiary/aromatic N) is 1. The van der Waals surface area contributed by atoms with Gasteiger partial charge in [0, 0.05) is 103 Å². The van der Waals surface area contributed by atoms with Gasteiger partial charge in [-0.15, -0.1) is 0 Å². The molecule has 280 valence electrons. The fourth-order valence-corrected chi connectivity index (χ4v) is 13.0. The maximum absolute atomic E-state index is 14.1. The summed E-state index contributed by atoms with van der Waals surface area (Å²) >= 11 is 0. The summed E-state index contributed by atoms with van der Waals surface area (Å²) in [4.78, 5) is 55.9. The molecule has 51 heavy (non-hydrogen) atoms. The number of hydrogen-bond donors (Lipinski definition) is 0. The predicted octanol–water partition coefficient (Wildman–Crippen LogP) is 2.82. The number of rotatable bonds is 11. The summed E-state index contributed by atoms with van der Waals surface area (Å²) in [5.41, 5.74) is -3.84. The number of piperidine rings is 1. The lowest BCUT2D eigenvalue weighted by Gasteiger charge is -2.70. The molecule has 5 aliphatic carbocycles. The number of ether oxygens (including phenoxy) is 8. The van der Waals surface area contributed by atoms with Gasteiger partial charge in [0.25, 0.3) is 0 Å². The fourth-order valence-electron chi connectivity index (χ4n) is 13.0. The van der Waals surface area contributed by atoms with Gasteiger partial charge in [0.1, 0.15) is 17.8 Å². The van der Waals surface area contributed by atoms with Crippen LogP contribution in [0.15, 0.2) is 30.3 Å². The Morgan fingerprint density at radius 3 is 2.02 bits per heavy atom. The molecule has 6 fully saturated rings. The second kappa shape index (κ2) is 12.8. The van der Waals surface area contributed by atoms with Crippen LogP contribution in [0.3, 0.4) is 0 Å². The van der Waals surface area contributed by atoms with Crippen LogP contribution in [-0.2, 0) is 52.3 Å². The molecule has 7 bridgehead atoms. The Balaban J connectivity index is 1.54. The largest absolute Gasteiger partial charge is 0.462 e. The van der Waals surface area contributed by atoms with Crippen LogP contribution in [0.1, 0.15) is 57.3 Å². The van der Waals surface area contributed by atoms with Crippen molar-refractivity contribution in [2.75, 3.05) is 48.1 Å². The first kappa shape index (κ1) is 36.3. The first-order valence-electron chi connectivity index (χ1n) is 18.0. The lowest BCUT2D eigenvalue weighted by atomic mass is 9.42. The van der Waals surface area contributed by atoms with Gasteiger partial charge in [-0.3, -0.25) is 19.3 Å². The van der Waals surface area contributed by atoms with Crippen molar-refractivity contribution >= 4 is 23.9 Å². The zero-order valence-corrected chi connectivity index (χ0v) is 30.7. The maximum atomic E-state index is 14.1. The second-order valence-electron chi connectivity index (χ2n) is 15.5. The Morgan fingerprint density at radius 2 is 1.45 bits per heavy atom. The molecule has 0 N–H and O–H groups in total. The van der Waals surface area contributed by atoms with Gasteiger partial charge in [-0.05, 0) is 31.0 Å². The van der Waals surface area contributed by atoms with E-state index in [-0.39, 0.29) is 31.4 Å². The summed E-state index contributed by atoms with van der Waals surface area (Å²) in [6, 6.07) is 8.43. The zero-order chi connectivity index (χ0) is 36.7. The van der Waals surface area contributed by atoms with E-state index in [1.54, 1.807) is 52.7 Å². The maximum Gasteiger partial charge on any atom is 0.338 e. The highest BCUT2D eigenvalue weighted by atomic mass is 16.6. The molecule has 1 aliphatic heterocycles. The monoisotopic (exact) mass is 713 g/mol. The Labute approximate surface area is 298 Å². The molecule has 1 aromatic carbocycles. The van der Waals surface area contributed by atoms with Gasteiger partial charge in [0.2, 0.25) is 0 Å². The summed E-state index contributed by atoms with van der Waals surface area (Å²) in [7, 11) is 6.55. The minimum absolute atomic E-state index is 0.181. The van der Waals surface area contributed by atoms with E-state index < -0.39 is 94.2 Å². The van der Waals surface area contributed by atoms with Crippen molar-refractivity contribution in [1.82, 2.24) is 4.90 Å². The summed E-state index contributed by atoms with van der Waals surface area (Å²) in [6.07, 6.45) is -2.61. The smallest absolute Gasteiger partial charge is 0.338 e. The molecular formula is C38H51NO12. The summed E-state index contributed by atoms with van der Waals surface area (Å²) < 4.78 is 51.4. The van der Waals surface area contributed by atoms with Gasteiger partial charge >= 0.3 is 23.9 Å². The molecule has 0 radical (unpaired) electrons. The Morgan fingerprint density at radius 1 is 0.784 bits per heavy atom. The standard InChI is InChI=1S/C38H51NO12/c1-9-39-18-35(19-44-5)25(48-20(2)40)15-26(45-6)38-24-16-36(50-21(3)41)27(46-7)17-37(51-22(4)42,29(32(38)39)30(47-8)31(35)38)28(24)33(36)49-34(43)23-13-11-10-12-14-23/h10-14,24-33H,9,15-19H2,1-8H3/t24-,25-,26+,27+,28-,29-,30+,31-,32?,33-,35+,36+,37-,38+/m1/s1. The number of carbonyl (C=O) groups is 4. The van der Waals surface area contributed by atoms with Crippen LogP contribution >= 0.6 is 0 Å². The van der Waals surface area contributed by atoms with E-state index in [9.17, 15) is 19.2 Å². The van der Waals surface area contributed by atoms with Crippen LogP contribution in [0, 0.1) is 34.5 Å². The van der Waals surface area contributed by atoms with E-state index in [4.69, 9.17) is 37.9 Å². The predicted molar refractivity (Wildman–Crippen MR) is 178 cm³/mol. The second-order valence-corrected chi connectivity index (χ2v) is 15.5. The highest BCUT2D eigenvalue weighted by molar-refractivity contribution is 5.89.